The van der Waals surface area contributed by atoms with Crippen LogP contribution in [0, 0.1) is 0 Å². The van der Waals surface area contributed by atoms with Crippen molar-refractivity contribution in [3.63, 3.8) is 0 Å². The number of aliphatic imine (C=N–C) groups is 2. The van der Waals surface area contributed by atoms with E-state index in [-0.39, 0.29) is 5.78 Å². The van der Waals surface area contributed by atoms with Crippen molar-refractivity contribution in [1.82, 2.24) is 4.98 Å². The van der Waals surface area contributed by atoms with Gasteiger partial charge in [0, 0.05) is 34.8 Å². The molecule has 1 aromatic heterocycles. The van der Waals surface area contributed by atoms with Crippen molar-refractivity contribution in [2.75, 3.05) is 0 Å². The number of nitrogens with zero attached hydrogens (tertiary/aromatic N) is 2. The summed E-state index contributed by atoms with van der Waals surface area (Å²) in [6.45, 7) is 1.93. The molecular formula is C19H15N3O. The van der Waals surface area contributed by atoms with E-state index in [1.807, 2.05) is 55.5 Å². The number of nitrogens with one attached hydrogen (secondary N) is 1. The Bertz CT molecular complexity index is 979. The van der Waals surface area contributed by atoms with Gasteiger partial charge in [-0.25, -0.2) is 4.99 Å². The van der Waals surface area contributed by atoms with Gasteiger partial charge in [-0.1, -0.05) is 30.3 Å². The van der Waals surface area contributed by atoms with Crippen molar-refractivity contribution in [3.8, 4) is 0 Å². The van der Waals surface area contributed by atoms with Crippen LogP contribution in [0.4, 0.5) is 11.4 Å². The minimum Gasteiger partial charge on any atom is -0.360 e. The lowest BCUT2D eigenvalue weighted by Gasteiger charge is -2.03. The maximum atomic E-state index is 13.0. The molecule has 2 aromatic carbocycles. The third-order valence-electron chi connectivity index (χ3n) is 3.97. The molecule has 1 N–H and O–H groups in total. The zero-order chi connectivity index (χ0) is 15.8. The van der Waals surface area contributed by atoms with E-state index in [4.69, 9.17) is 0 Å². The van der Waals surface area contributed by atoms with Crippen LogP contribution in [0.1, 0.15) is 23.7 Å². The van der Waals surface area contributed by atoms with Crippen LogP contribution in [0.15, 0.2) is 64.7 Å². The minimum absolute atomic E-state index is 0.0475. The molecule has 0 saturated heterocycles. The zero-order valence-corrected chi connectivity index (χ0v) is 12.7. The van der Waals surface area contributed by atoms with Crippen LogP contribution in [0.25, 0.3) is 10.9 Å². The molecule has 4 nitrogen and oxygen atoms in total. The number of Topliss-reactive ketones (excluding diaryl/α,β-unsaturated/α-hetero) is 1. The van der Waals surface area contributed by atoms with E-state index in [9.17, 15) is 4.79 Å². The lowest BCUT2D eigenvalue weighted by molar-refractivity contribution is 0.106. The van der Waals surface area contributed by atoms with Gasteiger partial charge in [-0.05, 0) is 25.1 Å². The molecule has 0 spiro atoms. The van der Waals surface area contributed by atoms with Gasteiger partial charge in [-0.2, -0.15) is 0 Å². The molecule has 1 aliphatic rings. The van der Waals surface area contributed by atoms with Crippen molar-refractivity contribution in [1.29, 1.82) is 0 Å². The van der Waals surface area contributed by atoms with Gasteiger partial charge in [0.2, 0.25) is 5.78 Å². The summed E-state index contributed by atoms with van der Waals surface area (Å²) in [4.78, 5) is 25.3. The van der Waals surface area contributed by atoms with Crippen molar-refractivity contribution in [2.45, 2.75) is 13.3 Å². The molecule has 4 heteroatoms. The van der Waals surface area contributed by atoms with Gasteiger partial charge in [-0.3, -0.25) is 9.79 Å². The number of benzene rings is 2. The second-order valence-corrected chi connectivity index (χ2v) is 5.65. The Morgan fingerprint density at radius 2 is 1.70 bits per heavy atom. The number of carbonyl (C=O) groups is 1. The van der Waals surface area contributed by atoms with E-state index >= 15 is 0 Å². The maximum Gasteiger partial charge on any atom is 0.209 e. The highest BCUT2D eigenvalue weighted by Crippen LogP contribution is 2.31. The van der Waals surface area contributed by atoms with Gasteiger partial charge in [0.1, 0.15) is 0 Å². The average Bonchev–Trinajstić information content (AvgIpc) is 2.91. The number of hydrogen-bond donors (Lipinski definition) is 1. The fourth-order valence-corrected chi connectivity index (χ4v) is 2.87. The number of aromatic nitrogens is 1. The number of hydrogen-bond acceptors (Lipinski definition) is 3. The number of fused-ring (bicyclic) bond motifs is 2. The first-order valence-corrected chi connectivity index (χ1v) is 7.54. The van der Waals surface area contributed by atoms with Gasteiger partial charge in [0.25, 0.3) is 0 Å². The predicted octanol–water partition coefficient (Wildman–Crippen LogP) is 4.62. The van der Waals surface area contributed by atoms with Crippen LogP contribution in [-0.2, 0) is 0 Å². The van der Waals surface area contributed by atoms with E-state index in [2.05, 4.69) is 15.0 Å². The van der Waals surface area contributed by atoms with Crippen LogP contribution < -0.4 is 0 Å². The summed E-state index contributed by atoms with van der Waals surface area (Å²) >= 11 is 0. The average molecular weight is 301 g/mol. The normalized spacial score (nSPS) is 14.0. The van der Waals surface area contributed by atoms with E-state index in [0.29, 0.717) is 17.7 Å². The van der Waals surface area contributed by atoms with Crippen LogP contribution >= 0.6 is 0 Å². The topological polar surface area (TPSA) is 57.6 Å². The molecule has 23 heavy (non-hydrogen) atoms. The molecule has 1 aliphatic heterocycles. The summed E-state index contributed by atoms with van der Waals surface area (Å²) in [6.07, 6.45) is 2.23. The van der Waals surface area contributed by atoms with Gasteiger partial charge < -0.3 is 4.98 Å². The number of carbonyl (C=O) groups excluding carboxylic acids is 1. The fraction of sp³-hybridized carbons (Fsp3) is 0.105. The lowest BCUT2D eigenvalue weighted by atomic mass is 10.0. The molecule has 0 atom stereocenters. The summed E-state index contributed by atoms with van der Waals surface area (Å²) in [7, 11) is 0. The Kier molecular flexibility index (Phi) is 3.15. The number of rotatable bonds is 2. The Balaban J connectivity index is 1.83. The Hall–Kier alpha value is -3.01. The lowest BCUT2D eigenvalue weighted by Crippen LogP contribution is -2.16. The highest BCUT2D eigenvalue weighted by atomic mass is 16.1. The van der Waals surface area contributed by atoms with E-state index in [0.717, 1.165) is 28.0 Å². The summed E-state index contributed by atoms with van der Waals surface area (Å²) in [5.41, 5.74) is 4.59. The molecule has 0 unspecified atom stereocenters. The molecule has 0 saturated carbocycles. The van der Waals surface area contributed by atoms with Gasteiger partial charge in [0.05, 0.1) is 17.1 Å². The molecule has 0 aliphatic carbocycles. The summed E-state index contributed by atoms with van der Waals surface area (Å²) in [5, 5.41) is 0.923. The molecule has 3 aromatic rings. The Labute approximate surface area is 133 Å². The highest BCUT2D eigenvalue weighted by molar-refractivity contribution is 6.50. The zero-order valence-electron chi connectivity index (χ0n) is 12.7. The van der Waals surface area contributed by atoms with Crippen molar-refractivity contribution < 1.29 is 4.79 Å². The molecule has 0 bridgehead atoms. The Morgan fingerprint density at radius 3 is 2.52 bits per heavy atom. The predicted molar refractivity (Wildman–Crippen MR) is 93.6 cm³/mol. The molecule has 112 valence electrons. The molecule has 4 rings (SSSR count). The fourth-order valence-electron chi connectivity index (χ4n) is 2.87. The molecule has 0 amide bonds. The van der Waals surface area contributed by atoms with Crippen LogP contribution in [0.2, 0.25) is 0 Å². The number of para-hydroxylation sites is 3. The van der Waals surface area contributed by atoms with Gasteiger partial charge >= 0.3 is 0 Å². The molecule has 2 heterocycles. The number of H-pyrrole nitrogens is 1. The monoisotopic (exact) mass is 301 g/mol. The largest absolute Gasteiger partial charge is 0.360 e. The smallest absolute Gasteiger partial charge is 0.209 e. The second-order valence-electron chi connectivity index (χ2n) is 5.65. The number of ketones is 1. The number of aromatic amines is 1. The van der Waals surface area contributed by atoms with Crippen LogP contribution in [-0.4, -0.2) is 22.2 Å². The maximum absolute atomic E-state index is 13.0. The SMILES string of the molecule is CC1=Nc2ccccc2N=C(C(=O)c2c[nH]c3ccccc23)C1. The summed E-state index contributed by atoms with van der Waals surface area (Å²) < 4.78 is 0. The van der Waals surface area contributed by atoms with Crippen molar-refractivity contribution in [2.24, 2.45) is 9.98 Å². The minimum atomic E-state index is -0.0475. The van der Waals surface area contributed by atoms with E-state index in [1.54, 1.807) is 6.20 Å². The third-order valence-corrected chi connectivity index (χ3v) is 3.97. The van der Waals surface area contributed by atoms with Gasteiger partial charge in [0.15, 0.2) is 0 Å². The first-order chi connectivity index (χ1) is 11.2. The van der Waals surface area contributed by atoms with E-state index < -0.39 is 0 Å². The summed E-state index contributed by atoms with van der Waals surface area (Å²) in [6, 6.07) is 15.4. The van der Waals surface area contributed by atoms with Crippen LogP contribution in [0.3, 0.4) is 0 Å². The second kappa shape index (κ2) is 5.32. The van der Waals surface area contributed by atoms with Crippen molar-refractivity contribution in [3.05, 3.63) is 60.3 Å². The first kappa shape index (κ1) is 13.6. The standard InChI is InChI=1S/C19H15N3O/c1-12-10-18(22-17-9-5-4-8-16(17)21-12)19(23)14-11-20-15-7-3-2-6-13(14)15/h2-9,11,20H,10H2,1H3. The molecule has 0 fully saturated rings. The van der Waals surface area contributed by atoms with Crippen molar-refractivity contribution >= 4 is 39.5 Å². The first-order valence-electron chi connectivity index (χ1n) is 7.54. The highest BCUT2D eigenvalue weighted by Gasteiger charge is 2.21. The molecular weight excluding hydrogens is 286 g/mol. The Morgan fingerprint density at radius 1 is 1.00 bits per heavy atom. The quantitative estimate of drug-likeness (QED) is 0.690. The van der Waals surface area contributed by atoms with Crippen LogP contribution in [0.5, 0.6) is 0 Å². The van der Waals surface area contributed by atoms with Gasteiger partial charge in [-0.15, -0.1) is 0 Å². The third kappa shape index (κ3) is 2.38. The summed E-state index contributed by atoms with van der Waals surface area (Å²) in [5.74, 6) is -0.0475. The molecule has 0 radical (unpaired) electrons. The van der Waals surface area contributed by atoms with E-state index in [1.165, 1.54) is 0 Å².